The number of rotatable bonds is 6. The Kier molecular flexibility index (Phi) is 6.46. The molecule has 3 amide bonds. The highest BCUT2D eigenvalue weighted by Gasteiger charge is 2.30. The molecule has 1 fully saturated rings. The minimum absolute atomic E-state index is 0.112. The van der Waals surface area contributed by atoms with Gasteiger partial charge in [-0.25, -0.2) is 4.98 Å². The van der Waals surface area contributed by atoms with Gasteiger partial charge in [0.1, 0.15) is 0 Å². The lowest BCUT2D eigenvalue weighted by Gasteiger charge is -2.32. The van der Waals surface area contributed by atoms with Crippen molar-refractivity contribution in [3.63, 3.8) is 0 Å². The molecule has 1 aliphatic rings. The molecule has 0 aliphatic carbocycles. The fourth-order valence-corrected chi connectivity index (χ4v) is 4.27. The maximum absolute atomic E-state index is 13.0. The summed E-state index contributed by atoms with van der Waals surface area (Å²) >= 11 is 2.61. The van der Waals surface area contributed by atoms with Crippen LogP contribution in [0.2, 0.25) is 0 Å². The van der Waals surface area contributed by atoms with Crippen LogP contribution in [0.4, 0.5) is 5.13 Å². The van der Waals surface area contributed by atoms with Crippen molar-refractivity contribution >= 4 is 46.0 Å². The third kappa shape index (κ3) is 5.08. The third-order valence-corrected chi connectivity index (χ3v) is 6.01. The lowest BCUT2D eigenvalue weighted by atomic mass is 9.96. The summed E-state index contributed by atoms with van der Waals surface area (Å²) in [7, 11) is 0. The van der Waals surface area contributed by atoms with Gasteiger partial charge in [0.15, 0.2) is 5.13 Å². The van der Waals surface area contributed by atoms with E-state index in [-0.39, 0.29) is 23.5 Å². The van der Waals surface area contributed by atoms with Gasteiger partial charge in [0.2, 0.25) is 11.8 Å². The number of thiazole rings is 1. The van der Waals surface area contributed by atoms with Gasteiger partial charge >= 0.3 is 0 Å². The maximum Gasteiger partial charge on any atom is 0.255 e. The van der Waals surface area contributed by atoms with Crippen LogP contribution in [-0.2, 0) is 9.59 Å². The zero-order valence-corrected chi connectivity index (χ0v) is 16.2. The maximum atomic E-state index is 13.0. The van der Waals surface area contributed by atoms with Crippen molar-refractivity contribution < 1.29 is 14.4 Å². The highest BCUT2D eigenvalue weighted by molar-refractivity contribution is 8.00. The number of benzene rings is 1. The average Bonchev–Trinajstić information content (AvgIpc) is 3.19. The quantitative estimate of drug-likeness (QED) is 0.718. The van der Waals surface area contributed by atoms with Crippen LogP contribution < -0.4 is 11.1 Å². The van der Waals surface area contributed by atoms with Gasteiger partial charge in [0, 0.05) is 29.6 Å². The fraction of sp³-hybridized carbons (Fsp3) is 0.333. The molecule has 0 bridgehead atoms. The van der Waals surface area contributed by atoms with Crippen LogP contribution in [0.1, 0.15) is 23.2 Å². The van der Waals surface area contributed by atoms with E-state index >= 15 is 0 Å². The molecule has 1 unspecified atom stereocenters. The Morgan fingerprint density at radius 1 is 1.33 bits per heavy atom. The summed E-state index contributed by atoms with van der Waals surface area (Å²) in [6.07, 6.45) is 3.13. The standard InChI is InChI=1S/C18H20N4O3S2/c19-15(23)11-27-14-6-2-1-5-13(14)17(25)22-8-3-4-12(10-22)16(24)21-18-20-7-9-26-18/h1-2,5-7,9,12H,3-4,8,10-11H2,(H2,19,23)(H,20,21,24). The first kappa shape index (κ1) is 19.4. The van der Waals surface area contributed by atoms with E-state index in [2.05, 4.69) is 10.3 Å². The molecule has 3 N–H and O–H groups in total. The first-order valence-corrected chi connectivity index (χ1v) is 10.4. The molecule has 0 spiro atoms. The lowest BCUT2D eigenvalue weighted by Crippen LogP contribution is -2.43. The van der Waals surface area contributed by atoms with E-state index < -0.39 is 5.91 Å². The van der Waals surface area contributed by atoms with E-state index in [0.717, 1.165) is 17.7 Å². The highest BCUT2D eigenvalue weighted by atomic mass is 32.2. The Hall–Kier alpha value is -2.39. The van der Waals surface area contributed by atoms with E-state index in [1.165, 1.54) is 23.1 Å². The number of nitrogens with zero attached hydrogens (tertiary/aromatic N) is 2. The van der Waals surface area contributed by atoms with Gasteiger partial charge in [-0.15, -0.1) is 23.1 Å². The van der Waals surface area contributed by atoms with E-state index in [4.69, 9.17) is 5.73 Å². The number of primary amides is 1. The number of nitrogens with one attached hydrogen (secondary N) is 1. The monoisotopic (exact) mass is 404 g/mol. The van der Waals surface area contributed by atoms with Crippen LogP contribution in [-0.4, -0.2) is 46.4 Å². The molecule has 1 aliphatic heterocycles. The normalized spacial score (nSPS) is 16.7. The predicted octanol–water partition coefficient (Wildman–Crippen LogP) is 2.21. The summed E-state index contributed by atoms with van der Waals surface area (Å²) in [5.41, 5.74) is 5.74. The molecule has 7 nitrogen and oxygen atoms in total. The minimum Gasteiger partial charge on any atom is -0.369 e. The van der Waals surface area contributed by atoms with Gasteiger partial charge in [-0.2, -0.15) is 0 Å². The second-order valence-corrected chi connectivity index (χ2v) is 8.08. The summed E-state index contributed by atoms with van der Waals surface area (Å²) in [4.78, 5) is 43.0. The Balaban J connectivity index is 1.68. The molecule has 2 aromatic rings. The lowest BCUT2D eigenvalue weighted by molar-refractivity contribution is -0.121. The van der Waals surface area contributed by atoms with E-state index in [9.17, 15) is 14.4 Å². The number of carbonyl (C=O) groups is 3. The fourth-order valence-electron chi connectivity index (χ4n) is 2.96. The molecule has 9 heteroatoms. The van der Waals surface area contributed by atoms with Crippen molar-refractivity contribution in [1.29, 1.82) is 0 Å². The van der Waals surface area contributed by atoms with Crippen molar-refractivity contribution in [2.75, 3.05) is 24.2 Å². The molecular formula is C18H20N4O3S2. The number of piperidine rings is 1. The Morgan fingerprint density at radius 2 is 2.15 bits per heavy atom. The molecular weight excluding hydrogens is 384 g/mol. The van der Waals surface area contributed by atoms with Gasteiger partial charge in [0.05, 0.1) is 17.2 Å². The topological polar surface area (TPSA) is 105 Å². The number of aromatic nitrogens is 1. The van der Waals surface area contributed by atoms with Crippen LogP contribution in [0.3, 0.4) is 0 Å². The Labute approximate surface area is 165 Å². The number of nitrogens with two attached hydrogens (primary N) is 1. The van der Waals surface area contributed by atoms with Crippen LogP contribution in [0.5, 0.6) is 0 Å². The predicted molar refractivity (Wildman–Crippen MR) is 106 cm³/mol. The van der Waals surface area contributed by atoms with E-state index in [1.54, 1.807) is 34.7 Å². The smallest absolute Gasteiger partial charge is 0.255 e. The molecule has 1 aromatic carbocycles. The number of likely N-dealkylation sites (tertiary alicyclic amines) is 1. The molecule has 0 radical (unpaired) electrons. The summed E-state index contributed by atoms with van der Waals surface area (Å²) in [6, 6.07) is 7.15. The first-order chi connectivity index (χ1) is 13.0. The molecule has 27 heavy (non-hydrogen) atoms. The third-order valence-electron chi connectivity index (χ3n) is 4.23. The zero-order valence-electron chi connectivity index (χ0n) is 14.6. The van der Waals surface area contributed by atoms with Crippen LogP contribution in [0.25, 0.3) is 0 Å². The number of carbonyl (C=O) groups excluding carboxylic acids is 3. The van der Waals surface area contributed by atoms with Gasteiger partial charge < -0.3 is 16.0 Å². The van der Waals surface area contributed by atoms with Crippen LogP contribution >= 0.6 is 23.1 Å². The number of thioether (sulfide) groups is 1. The van der Waals surface area contributed by atoms with Crippen molar-refractivity contribution in [3.05, 3.63) is 41.4 Å². The molecule has 0 saturated carbocycles. The van der Waals surface area contributed by atoms with Gasteiger partial charge in [-0.1, -0.05) is 12.1 Å². The second-order valence-electron chi connectivity index (χ2n) is 6.17. The zero-order chi connectivity index (χ0) is 19.2. The SMILES string of the molecule is NC(=O)CSc1ccccc1C(=O)N1CCCC(C(=O)Nc2nccs2)C1. The van der Waals surface area contributed by atoms with Gasteiger partial charge in [-0.3, -0.25) is 14.4 Å². The molecule has 1 atom stereocenters. The first-order valence-electron chi connectivity index (χ1n) is 8.54. The number of hydrogen-bond acceptors (Lipinski definition) is 6. The van der Waals surface area contributed by atoms with Crippen molar-refractivity contribution in [3.8, 4) is 0 Å². The number of hydrogen-bond donors (Lipinski definition) is 2. The van der Waals surface area contributed by atoms with Crippen LogP contribution in [0.15, 0.2) is 40.7 Å². The Bertz CT molecular complexity index is 826. The van der Waals surface area contributed by atoms with Gasteiger partial charge in [-0.05, 0) is 25.0 Å². The summed E-state index contributed by atoms with van der Waals surface area (Å²) < 4.78 is 0. The van der Waals surface area contributed by atoms with Gasteiger partial charge in [0.25, 0.3) is 5.91 Å². The van der Waals surface area contributed by atoms with Crippen molar-refractivity contribution in [1.82, 2.24) is 9.88 Å². The Morgan fingerprint density at radius 3 is 2.89 bits per heavy atom. The van der Waals surface area contributed by atoms with Crippen molar-refractivity contribution in [2.45, 2.75) is 17.7 Å². The van der Waals surface area contributed by atoms with Crippen LogP contribution in [0, 0.1) is 5.92 Å². The number of anilines is 1. The molecule has 3 rings (SSSR count). The molecule has 142 valence electrons. The summed E-state index contributed by atoms with van der Waals surface area (Å²) in [6.45, 7) is 0.972. The summed E-state index contributed by atoms with van der Waals surface area (Å²) in [5, 5.41) is 5.17. The van der Waals surface area contributed by atoms with E-state index in [0.29, 0.717) is 23.8 Å². The van der Waals surface area contributed by atoms with E-state index in [1.807, 2.05) is 6.07 Å². The minimum atomic E-state index is -0.431. The van der Waals surface area contributed by atoms with Crippen molar-refractivity contribution in [2.24, 2.45) is 11.7 Å². The highest BCUT2D eigenvalue weighted by Crippen LogP contribution is 2.26. The molecule has 1 aromatic heterocycles. The average molecular weight is 405 g/mol. The largest absolute Gasteiger partial charge is 0.369 e. The molecule has 1 saturated heterocycles. The summed E-state index contributed by atoms with van der Waals surface area (Å²) in [5.74, 6) is -0.826. The molecule has 2 heterocycles. The second kappa shape index (κ2) is 9.01. The number of amides is 3.